The van der Waals surface area contributed by atoms with E-state index >= 15 is 0 Å². The van der Waals surface area contributed by atoms with Gasteiger partial charge in [-0.2, -0.15) is 5.10 Å². The van der Waals surface area contributed by atoms with E-state index in [0.717, 1.165) is 36.9 Å². The molecule has 0 unspecified atom stereocenters. The Bertz CT molecular complexity index is 739. The van der Waals surface area contributed by atoms with Crippen molar-refractivity contribution in [3.63, 3.8) is 0 Å². The van der Waals surface area contributed by atoms with E-state index in [-0.39, 0.29) is 5.91 Å². The Morgan fingerprint density at radius 3 is 3.04 bits per heavy atom. The molecule has 6 nitrogen and oxygen atoms in total. The number of aryl methyl sites for hydroxylation is 1. The third kappa shape index (κ3) is 3.64. The molecular weight excluding hydrogens is 306 g/mol. The van der Waals surface area contributed by atoms with E-state index in [4.69, 9.17) is 4.74 Å². The van der Waals surface area contributed by atoms with Gasteiger partial charge in [0, 0.05) is 18.8 Å². The predicted octanol–water partition coefficient (Wildman–Crippen LogP) is 2.34. The van der Waals surface area contributed by atoms with E-state index in [1.807, 2.05) is 24.3 Å². The minimum atomic E-state index is -0.472. The highest BCUT2D eigenvalue weighted by Gasteiger charge is 2.20. The van der Waals surface area contributed by atoms with E-state index in [0.29, 0.717) is 24.3 Å². The highest BCUT2D eigenvalue weighted by Crippen LogP contribution is 2.26. The molecule has 1 aliphatic rings. The number of rotatable bonds is 1. The van der Waals surface area contributed by atoms with E-state index in [2.05, 4.69) is 10.4 Å². The number of benzene rings is 1. The molecule has 0 aliphatic carbocycles. The third-order valence-corrected chi connectivity index (χ3v) is 4.09. The van der Waals surface area contributed by atoms with Crippen LogP contribution >= 0.6 is 0 Å². The molecule has 3 rings (SSSR count). The Morgan fingerprint density at radius 2 is 2.21 bits per heavy atom. The Kier molecular flexibility index (Phi) is 4.93. The fourth-order valence-electron chi connectivity index (χ4n) is 2.85. The summed E-state index contributed by atoms with van der Waals surface area (Å²) >= 11 is 0. The van der Waals surface area contributed by atoms with E-state index in [1.54, 1.807) is 17.9 Å². The molecule has 0 radical (unpaired) electrons. The van der Waals surface area contributed by atoms with Crippen molar-refractivity contribution in [3.05, 3.63) is 36.0 Å². The Balaban J connectivity index is 2.00. The average Bonchev–Trinajstić information content (AvgIpc) is 2.98. The van der Waals surface area contributed by atoms with Gasteiger partial charge in [0.25, 0.3) is 5.91 Å². The van der Waals surface area contributed by atoms with E-state index in [1.165, 1.54) is 0 Å². The number of carbonyl (C=O) groups excluding carboxylic acids is 2. The highest BCUT2D eigenvalue weighted by molar-refractivity contribution is 6.00. The van der Waals surface area contributed by atoms with Crippen LogP contribution in [-0.4, -0.2) is 34.6 Å². The lowest BCUT2D eigenvalue weighted by Crippen LogP contribution is -2.36. The van der Waals surface area contributed by atoms with Gasteiger partial charge in [-0.25, -0.2) is 0 Å². The number of carbonyl (C=O) groups is 2. The largest absolute Gasteiger partial charge is 0.494 e. The first-order valence-electron chi connectivity index (χ1n) is 8.20. The summed E-state index contributed by atoms with van der Waals surface area (Å²) in [6, 6.07) is 7.11. The summed E-state index contributed by atoms with van der Waals surface area (Å²) in [6.07, 6.45) is 5.85. The van der Waals surface area contributed by atoms with Gasteiger partial charge in [0.2, 0.25) is 0 Å². The van der Waals surface area contributed by atoms with Crippen LogP contribution in [0.15, 0.2) is 30.5 Å². The lowest BCUT2D eigenvalue weighted by molar-refractivity contribution is -0.109. The molecule has 1 atom stereocenters. The SMILES string of the molecule is Cn1cc2c(n1)-c1cccc(c1)OCCCCC[C@@H](C=O)NC2=O. The molecule has 1 aliphatic heterocycles. The van der Waals surface area contributed by atoms with Gasteiger partial charge in [-0.15, -0.1) is 0 Å². The summed E-state index contributed by atoms with van der Waals surface area (Å²) in [7, 11) is 1.77. The van der Waals surface area contributed by atoms with Gasteiger partial charge in [-0.3, -0.25) is 9.48 Å². The molecule has 2 bridgehead atoms. The van der Waals surface area contributed by atoms with Crippen molar-refractivity contribution in [2.75, 3.05) is 6.61 Å². The molecule has 0 spiro atoms. The van der Waals surface area contributed by atoms with Crippen molar-refractivity contribution in [3.8, 4) is 17.0 Å². The molecule has 126 valence electrons. The Hall–Kier alpha value is -2.63. The number of ether oxygens (including phenoxy) is 1. The van der Waals surface area contributed by atoms with E-state index < -0.39 is 6.04 Å². The summed E-state index contributed by atoms with van der Waals surface area (Å²) < 4.78 is 7.39. The van der Waals surface area contributed by atoms with Crippen LogP contribution < -0.4 is 10.1 Å². The zero-order valence-electron chi connectivity index (χ0n) is 13.7. The minimum absolute atomic E-state index is 0.279. The van der Waals surface area contributed by atoms with Crippen molar-refractivity contribution in [1.29, 1.82) is 0 Å². The Morgan fingerprint density at radius 1 is 1.33 bits per heavy atom. The maximum Gasteiger partial charge on any atom is 0.255 e. The summed E-state index contributed by atoms with van der Waals surface area (Å²) in [5, 5.41) is 7.21. The molecule has 2 aromatic rings. The minimum Gasteiger partial charge on any atom is -0.494 e. The maximum atomic E-state index is 12.6. The lowest BCUT2D eigenvalue weighted by atomic mass is 10.1. The summed E-state index contributed by atoms with van der Waals surface area (Å²) in [6.45, 7) is 0.636. The van der Waals surface area contributed by atoms with Gasteiger partial charge in [0.1, 0.15) is 17.7 Å². The number of hydrogen-bond acceptors (Lipinski definition) is 4. The molecule has 0 fully saturated rings. The number of fused-ring (bicyclic) bond motifs is 4. The van der Waals surface area contributed by atoms with Crippen LogP contribution in [-0.2, 0) is 11.8 Å². The first kappa shape index (κ1) is 16.2. The third-order valence-electron chi connectivity index (χ3n) is 4.09. The summed E-state index contributed by atoms with van der Waals surface area (Å²) in [5.41, 5.74) is 1.86. The normalized spacial score (nSPS) is 18.7. The second kappa shape index (κ2) is 7.29. The number of aldehydes is 1. The number of nitrogens with zero attached hydrogens (tertiary/aromatic N) is 2. The van der Waals surface area contributed by atoms with Gasteiger partial charge in [0.15, 0.2) is 0 Å². The van der Waals surface area contributed by atoms with Crippen LogP contribution in [0.4, 0.5) is 0 Å². The van der Waals surface area contributed by atoms with Crippen molar-refractivity contribution in [2.45, 2.75) is 31.7 Å². The summed E-state index contributed by atoms with van der Waals surface area (Å²) in [5.74, 6) is 0.492. The molecule has 0 saturated carbocycles. The monoisotopic (exact) mass is 327 g/mol. The van der Waals surface area contributed by atoms with Crippen LogP contribution in [0.25, 0.3) is 11.3 Å². The van der Waals surface area contributed by atoms with Crippen LogP contribution in [0.2, 0.25) is 0 Å². The smallest absolute Gasteiger partial charge is 0.255 e. The maximum absolute atomic E-state index is 12.6. The number of aromatic nitrogens is 2. The topological polar surface area (TPSA) is 73.2 Å². The van der Waals surface area contributed by atoms with Crippen molar-refractivity contribution in [2.24, 2.45) is 7.05 Å². The summed E-state index contributed by atoms with van der Waals surface area (Å²) in [4.78, 5) is 23.8. The molecular formula is C18H21N3O3. The fourth-order valence-corrected chi connectivity index (χ4v) is 2.85. The second-order valence-electron chi connectivity index (χ2n) is 6.01. The number of hydrogen-bond donors (Lipinski definition) is 1. The second-order valence-corrected chi connectivity index (χ2v) is 6.01. The first-order chi connectivity index (χ1) is 11.7. The molecule has 24 heavy (non-hydrogen) atoms. The standard InChI is InChI=1S/C18H21N3O3/c1-21-11-16-17(20-21)13-6-5-8-15(10-13)24-9-4-2-3-7-14(12-22)19-18(16)23/h5-6,8,10-12,14H,2-4,7,9H2,1H3,(H,19,23)/t14-/m0/s1. The zero-order chi connectivity index (χ0) is 16.9. The average molecular weight is 327 g/mol. The molecule has 1 N–H and O–H groups in total. The number of nitrogens with one attached hydrogen (secondary N) is 1. The van der Waals surface area contributed by atoms with Gasteiger partial charge < -0.3 is 14.8 Å². The molecule has 1 aromatic heterocycles. The van der Waals surface area contributed by atoms with Gasteiger partial charge in [-0.1, -0.05) is 18.6 Å². The molecule has 0 saturated heterocycles. The predicted molar refractivity (Wildman–Crippen MR) is 89.9 cm³/mol. The van der Waals surface area contributed by atoms with Gasteiger partial charge in [0.05, 0.1) is 18.2 Å². The van der Waals surface area contributed by atoms with Gasteiger partial charge >= 0.3 is 0 Å². The van der Waals surface area contributed by atoms with Crippen molar-refractivity contribution < 1.29 is 14.3 Å². The molecule has 6 heteroatoms. The van der Waals surface area contributed by atoms with Crippen LogP contribution in [0.3, 0.4) is 0 Å². The number of amides is 1. The van der Waals surface area contributed by atoms with Crippen molar-refractivity contribution >= 4 is 12.2 Å². The van der Waals surface area contributed by atoms with Gasteiger partial charge in [-0.05, 0) is 31.4 Å². The van der Waals surface area contributed by atoms with Crippen LogP contribution in [0.1, 0.15) is 36.0 Å². The highest BCUT2D eigenvalue weighted by atomic mass is 16.5. The van der Waals surface area contributed by atoms with Crippen LogP contribution in [0.5, 0.6) is 5.75 Å². The quantitative estimate of drug-likeness (QED) is 0.816. The van der Waals surface area contributed by atoms with E-state index in [9.17, 15) is 9.59 Å². The molecule has 2 heterocycles. The fraction of sp³-hybridized carbons (Fsp3) is 0.389. The molecule has 1 amide bonds. The van der Waals surface area contributed by atoms with Crippen molar-refractivity contribution in [1.82, 2.24) is 15.1 Å². The molecule has 1 aromatic carbocycles. The van der Waals surface area contributed by atoms with Crippen LogP contribution in [0, 0.1) is 0 Å². The zero-order valence-corrected chi connectivity index (χ0v) is 13.7. The first-order valence-corrected chi connectivity index (χ1v) is 8.20. The lowest BCUT2D eigenvalue weighted by Gasteiger charge is -2.14. The Labute approximate surface area is 140 Å².